The van der Waals surface area contributed by atoms with Crippen molar-refractivity contribution in [1.82, 2.24) is 14.7 Å². The molecule has 122 valence electrons. The quantitative estimate of drug-likeness (QED) is 0.826. The molecular formula is C16H24FN3OS. The highest BCUT2D eigenvalue weighted by molar-refractivity contribution is 7.09. The van der Waals surface area contributed by atoms with Gasteiger partial charge in [0.15, 0.2) is 0 Å². The number of thiophene rings is 1. The van der Waals surface area contributed by atoms with E-state index in [0.29, 0.717) is 13.0 Å². The smallest absolute Gasteiger partial charge is 0.239 e. The first-order valence-corrected chi connectivity index (χ1v) is 8.78. The Bertz CT molecular complexity index is 509. The summed E-state index contributed by atoms with van der Waals surface area (Å²) >= 11 is 1.72. The van der Waals surface area contributed by atoms with Crippen molar-refractivity contribution in [1.29, 1.82) is 0 Å². The molecule has 1 amide bonds. The number of rotatable bonds is 5. The number of halogens is 1. The minimum atomic E-state index is -0.750. The molecule has 0 saturated carbocycles. The van der Waals surface area contributed by atoms with Crippen molar-refractivity contribution in [2.75, 3.05) is 33.7 Å². The van der Waals surface area contributed by atoms with Crippen LogP contribution in [0.2, 0.25) is 0 Å². The van der Waals surface area contributed by atoms with E-state index in [9.17, 15) is 9.18 Å². The van der Waals surface area contributed by atoms with Crippen LogP contribution in [0.3, 0.4) is 0 Å². The molecule has 0 bridgehead atoms. The molecule has 3 heterocycles. The first-order chi connectivity index (χ1) is 10.5. The van der Waals surface area contributed by atoms with Crippen molar-refractivity contribution in [2.45, 2.75) is 37.6 Å². The number of alkyl halides is 1. The fraction of sp³-hybridized carbons (Fsp3) is 0.688. The van der Waals surface area contributed by atoms with Crippen molar-refractivity contribution in [3.05, 3.63) is 22.4 Å². The molecule has 1 aromatic rings. The van der Waals surface area contributed by atoms with Gasteiger partial charge in [0.25, 0.3) is 0 Å². The van der Waals surface area contributed by atoms with Gasteiger partial charge in [-0.15, -0.1) is 11.3 Å². The predicted octanol–water partition coefficient (Wildman–Crippen LogP) is 1.82. The first kappa shape index (κ1) is 15.9. The van der Waals surface area contributed by atoms with Crippen LogP contribution in [-0.2, 0) is 11.3 Å². The van der Waals surface area contributed by atoms with Crippen LogP contribution in [0.1, 0.15) is 17.7 Å². The molecule has 2 aliphatic heterocycles. The Hall–Kier alpha value is -0.980. The van der Waals surface area contributed by atoms with E-state index in [-0.39, 0.29) is 18.0 Å². The lowest BCUT2D eigenvalue weighted by atomic mass is 10.1. The van der Waals surface area contributed by atoms with E-state index in [1.807, 2.05) is 20.2 Å². The maximum atomic E-state index is 13.9. The Kier molecular flexibility index (Phi) is 4.80. The normalized spacial score (nSPS) is 29.9. The highest BCUT2D eigenvalue weighted by atomic mass is 32.1. The Balaban J connectivity index is 1.61. The van der Waals surface area contributed by atoms with Gasteiger partial charge in [0.1, 0.15) is 6.17 Å². The molecule has 22 heavy (non-hydrogen) atoms. The van der Waals surface area contributed by atoms with Gasteiger partial charge < -0.3 is 4.90 Å². The number of carbonyl (C=O) groups is 1. The maximum Gasteiger partial charge on any atom is 0.239 e. The number of likely N-dealkylation sites (tertiary alicyclic amines) is 2. The molecule has 0 aromatic carbocycles. The highest BCUT2D eigenvalue weighted by Crippen LogP contribution is 2.26. The molecule has 0 spiro atoms. The number of likely N-dealkylation sites (N-methyl/N-ethyl adjacent to an activating group) is 2. The summed E-state index contributed by atoms with van der Waals surface area (Å²) in [4.78, 5) is 19.5. The highest BCUT2D eigenvalue weighted by Gasteiger charge is 2.37. The third-order valence-corrected chi connectivity index (χ3v) is 5.71. The molecule has 1 aromatic heterocycles. The van der Waals surface area contributed by atoms with E-state index in [4.69, 9.17) is 0 Å². The molecule has 2 fully saturated rings. The summed E-state index contributed by atoms with van der Waals surface area (Å²) in [6.45, 7) is 2.91. The molecule has 0 unspecified atom stereocenters. The molecule has 4 nitrogen and oxygen atoms in total. The van der Waals surface area contributed by atoms with Gasteiger partial charge >= 0.3 is 0 Å². The van der Waals surface area contributed by atoms with Crippen LogP contribution in [-0.4, -0.2) is 72.6 Å². The lowest BCUT2D eigenvalue weighted by molar-refractivity contribution is -0.130. The van der Waals surface area contributed by atoms with Gasteiger partial charge in [0, 0.05) is 44.1 Å². The molecule has 2 aliphatic rings. The minimum Gasteiger partial charge on any atom is -0.344 e. The number of hydrogen-bond donors (Lipinski definition) is 0. The summed E-state index contributed by atoms with van der Waals surface area (Å²) in [6, 6.07) is 4.30. The summed E-state index contributed by atoms with van der Waals surface area (Å²) in [5.41, 5.74) is 0. The first-order valence-electron chi connectivity index (χ1n) is 7.90. The molecular weight excluding hydrogens is 301 g/mol. The van der Waals surface area contributed by atoms with Crippen LogP contribution in [0.4, 0.5) is 4.39 Å². The second-order valence-electron chi connectivity index (χ2n) is 6.50. The van der Waals surface area contributed by atoms with Gasteiger partial charge in [-0.1, -0.05) is 6.07 Å². The van der Waals surface area contributed by atoms with Gasteiger partial charge in [-0.05, 0) is 31.3 Å². The van der Waals surface area contributed by atoms with Gasteiger partial charge in [0.05, 0.1) is 6.04 Å². The van der Waals surface area contributed by atoms with E-state index >= 15 is 0 Å². The average molecular weight is 325 g/mol. The third-order valence-electron chi connectivity index (χ3n) is 4.85. The Labute approximate surface area is 135 Å². The van der Waals surface area contributed by atoms with Gasteiger partial charge in [-0.25, -0.2) is 4.39 Å². The van der Waals surface area contributed by atoms with E-state index in [0.717, 1.165) is 26.1 Å². The Morgan fingerprint density at radius 2 is 2.32 bits per heavy atom. The largest absolute Gasteiger partial charge is 0.344 e. The lowest BCUT2D eigenvalue weighted by Gasteiger charge is -2.30. The number of nitrogens with zero attached hydrogens (tertiary/aromatic N) is 3. The average Bonchev–Trinajstić information content (AvgIpc) is 3.16. The van der Waals surface area contributed by atoms with Gasteiger partial charge in [-0.3, -0.25) is 14.6 Å². The van der Waals surface area contributed by atoms with Crippen LogP contribution in [0.25, 0.3) is 0 Å². The number of carbonyl (C=O) groups excluding carboxylic acids is 1. The van der Waals surface area contributed by atoms with Gasteiger partial charge in [0.2, 0.25) is 5.91 Å². The summed E-state index contributed by atoms with van der Waals surface area (Å²) in [6.07, 6.45) is 0.704. The van der Waals surface area contributed by atoms with Crippen LogP contribution < -0.4 is 0 Å². The number of hydrogen-bond acceptors (Lipinski definition) is 4. The Morgan fingerprint density at radius 3 is 2.95 bits per heavy atom. The van der Waals surface area contributed by atoms with Crippen LogP contribution in [0.5, 0.6) is 0 Å². The summed E-state index contributed by atoms with van der Waals surface area (Å²) in [5.74, 6) is 0.196. The van der Waals surface area contributed by atoms with Gasteiger partial charge in [-0.2, -0.15) is 0 Å². The molecule has 0 radical (unpaired) electrons. The van der Waals surface area contributed by atoms with Crippen molar-refractivity contribution in [3.63, 3.8) is 0 Å². The molecule has 3 rings (SSSR count). The second-order valence-corrected chi connectivity index (χ2v) is 7.53. The fourth-order valence-corrected chi connectivity index (χ4v) is 4.31. The standard InChI is InChI=1S/C16H24FN3OS/c1-18-6-5-15(16(18)21)19(2)10-13-8-12(17)9-20(13)11-14-4-3-7-22-14/h3-4,7,12-13,15H,5-6,8-11H2,1-2H3/t12-,13-,15-/m0/s1. The molecule has 0 aliphatic carbocycles. The zero-order valence-electron chi connectivity index (χ0n) is 13.2. The third kappa shape index (κ3) is 3.34. The molecule has 3 atom stereocenters. The number of amides is 1. The summed E-state index contributed by atoms with van der Waals surface area (Å²) in [7, 11) is 3.85. The predicted molar refractivity (Wildman–Crippen MR) is 86.7 cm³/mol. The van der Waals surface area contributed by atoms with Crippen LogP contribution in [0, 0.1) is 0 Å². The lowest BCUT2D eigenvalue weighted by Crippen LogP contribution is -2.45. The minimum absolute atomic E-state index is 0.0350. The van der Waals surface area contributed by atoms with Crippen LogP contribution in [0.15, 0.2) is 17.5 Å². The zero-order valence-corrected chi connectivity index (χ0v) is 14.1. The van der Waals surface area contributed by atoms with Crippen molar-refractivity contribution < 1.29 is 9.18 Å². The zero-order chi connectivity index (χ0) is 15.7. The molecule has 2 saturated heterocycles. The fourth-order valence-electron chi connectivity index (χ4n) is 3.58. The Morgan fingerprint density at radius 1 is 1.50 bits per heavy atom. The summed E-state index contributed by atoms with van der Waals surface area (Å²) < 4.78 is 13.9. The summed E-state index contributed by atoms with van der Waals surface area (Å²) in [5, 5.41) is 2.06. The topological polar surface area (TPSA) is 26.8 Å². The van der Waals surface area contributed by atoms with Crippen LogP contribution >= 0.6 is 11.3 Å². The van der Waals surface area contributed by atoms with E-state index < -0.39 is 6.17 Å². The van der Waals surface area contributed by atoms with Crippen molar-refractivity contribution >= 4 is 17.2 Å². The van der Waals surface area contributed by atoms with E-state index in [2.05, 4.69) is 21.2 Å². The van der Waals surface area contributed by atoms with E-state index in [1.165, 1.54) is 4.88 Å². The maximum absolute atomic E-state index is 13.9. The van der Waals surface area contributed by atoms with Crippen molar-refractivity contribution in [3.8, 4) is 0 Å². The molecule has 6 heteroatoms. The SMILES string of the molecule is CN1CC[C@H](N(C)C[C@@H]2C[C@H](F)CN2Cc2cccs2)C1=O. The monoisotopic (exact) mass is 325 g/mol. The molecule has 0 N–H and O–H groups in total. The second kappa shape index (κ2) is 6.64. The van der Waals surface area contributed by atoms with Crippen molar-refractivity contribution in [2.24, 2.45) is 0 Å². The van der Waals surface area contributed by atoms with E-state index in [1.54, 1.807) is 16.2 Å².